The predicted molar refractivity (Wildman–Crippen MR) is 88.1 cm³/mol. The van der Waals surface area contributed by atoms with Crippen molar-refractivity contribution in [2.24, 2.45) is 0 Å². The van der Waals surface area contributed by atoms with Gasteiger partial charge < -0.3 is 5.32 Å². The zero-order valence-electron chi connectivity index (χ0n) is 12.7. The molecule has 0 aliphatic heterocycles. The van der Waals surface area contributed by atoms with E-state index in [1.54, 1.807) is 24.3 Å². The van der Waals surface area contributed by atoms with Crippen LogP contribution >= 0.6 is 11.3 Å². The summed E-state index contributed by atoms with van der Waals surface area (Å²) in [7, 11) is -3.45. The Labute approximate surface area is 134 Å². The molecule has 0 aliphatic rings. The van der Waals surface area contributed by atoms with Gasteiger partial charge in [-0.1, -0.05) is 17.7 Å². The summed E-state index contributed by atoms with van der Waals surface area (Å²) < 4.78 is 24.3. The Morgan fingerprint density at radius 3 is 2.36 bits per heavy atom. The predicted octanol–water partition coefficient (Wildman–Crippen LogP) is 2.87. The zero-order chi connectivity index (χ0) is 16.3. The third-order valence-corrected chi connectivity index (χ3v) is 5.97. The van der Waals surface area contributed by atoms with Gasteiger partial charge in [-0.15, -0.1) is 11.3 Å². The van der Waals surface area contributed by atoms with Crippen molar-refractivity contribution in [3.8, 4) is 0 Å². The Hall–Kier alpha value is -1.73. The van der Waals surface area contributed by atoms with Crippen molar-refractivity contribution in [1.82, 2.24) is 4.98 Å². The van der Waals surface area contributed by atoms with Crippen LogP contribution in [0, 0.1) is 20.8 Å². The summed E-state index contributed by atoms with van der Waals surface area (Å²) in [6, 6.07) is 6.62. The number of thiazole rings is 1. The van der Waals surface area contributed by atoms with Crippen LogP contribution in [-0.2, 0) is 14.6 Å². The molecule has 118 valence electrons. The fourth-order valence-electron chi connectivity index (χ4n) is 1.80. The molecule has 2 rings (SSSR count). The van der Waals surface area contributed by atoms with E-state index in [0.717, 1.165) is 16.1 Å². The molecule has 2 aromatic rings. The van der Waals surface area contributed by atoms with Crippen molar-refractivity contribution < 1.29 is 13.2 Å². The molecule has 0 fully saturated rings. The molecule has 0 unspecified atom stereocenters. The molecule has 0 atom stereocenters. The molecule has 5 nitrogen and oxygen atoms in total. The Bertz CT molecular complexity index is 758. The number of carbonyl (C=O) groups is 1. The molecule has 7 heteroatoms. The first-order chi connectivity index (χ1) is 10.3. The lowest BCUT2D eigenvalue weighted by Crippen LogP contribution is -2.17. The number of hydrogen-bond donors (Lipinski definition) is 1. The number of rotatable bonds is 5. The Balaban J connectivity index is 1.96. The number of aromatic nitrogens is 1. The third kappa shape index (κ3) is 4.14. The number of aryl methyl sites for hydroxylation is 3. The number of benzene rings is 1. The summed E-state index contributed by atoms with van der Waals surface area (Å²) in [4.78, 5) is 17.3. The van der Waals surface area contributed by atoms with Gasteiger partial charge in [0.15, 0.2) is 15.0 Å². The molecule has 0 spiro atoms. The van der Waals surface area contributed by atoms with Gasteiger partial charge in [-0.2, -0.15) is 0 Å². The number of hydrogen-bond acceptors (Lipinski definition) is 5. The van der Waals surface area contributed by atoms with E-state index in [9.17, 15) is 13.2 Å². The quantitative estimate of drug-likeness (QED) is 0.909. The average molecular weight is 338 g/mol. The van der Waals surface area contributed by atoms with Crippen LogP contribution in [0.4, 0.5) is 5.13 Å². The van der Waals surface area contributed by atoms with Crippen LogP contribution < -0.4 is 5.32 Å². The first kappa shape index (κ1) is 16.6. The van der Waals surface area contributed by atoms with Crippen molar-refractivity contribution in [2.45, 2.75) is 32.1 Å². The van der Waals surface area contributed by atoms with Crippen molar-refractivity contribution >= 4 is 32.2 Å². The highest BCUT2D eigenvalue weighted by Crippen LogP contribution is 2.21. The number of nitrogens with one attached hydrogen (secondary N) is 1. The largest absolute Gasteiger partial charge is 0.302 e. The van der Waals surface area contributed by atoms with Gasteiger partial charge in [0.1, 0.15) is 0 Å². The molecule has 1 amide bonds. The van der Waals surface area contributed by atoms with Crippen LogP contribution in [0.2, 0.25) is 0 Å². The van der Waals surface area contributed by atoms with E-state index in [0.29, 0.717) is 5.13 Å². The van der Waals surface area contributed by atoms with Gasteiger partial charge in [-0.05, 0) is 32.9 Å². The first-order valence-electron chi connectivity index (χ1n) is 6.81. The first-order valence-corrected chi connectivity index (χ1v) is 9.28. The fraction of sp³-hybridized carbons (Fsp3) is 0.333. The van der Waals surface area contributed by atoms with Gasteiger partial charge in [0.05, 0.1) is 16.3 Å². The van der Waals surface area contributed by atoms with E-state index >= 15 is 0 Å². The SMILES string of the molecule is Cc1ccc(S(=O)(=O)CCC(=O)Nc2nc(C)c(C)s2)cc1. The molecule has 0 aliphatic carbocycles. The highest BCUT2D eigenvalue weighted by atomic mass is 32.2. The maximum absolute atomic E-state index is 12.2. The molecular weight excluding hydrogens is 320 g/mol. The lowest BCUT2D eigenvalue weighted by Gasteiger charge is -2.05. The van der Waals surface area contributed by atoms with Gasteiger partial charge in [0, 0.05) is 11.3 Å². The van der Waals surface area contributed by atoms with Crippen molar-refractivity contribution in [3.63, 3.8) is 0 Å². The normalized spacial score (nSPS) is 11.4. The number of sulfone groups is 1. The summed E-state index contributed by atoms with van der Waals surface area (Å²) in [5.74, 6) is -0.560. The lowest BCUT2D eigenvalue weighted by atomic mass is 10.2. The van der Waals surface area contributed by atoms with E-state index in [2.05, 4.69) is 10.3 Å². The fourth-order valence-corrected chi connectivity index (χ4v) is 3.87. The second-order valence-corrected chi connectivity index (χ2v) is 8.40. The molecule has 1 aromatic heterocycles. The molecular formula is C15H18N2O3S2. The standard InChI is InChI=1S/C15H18N2O3S2/c1-10-4-6-13(7-5-10)22(19,20)9-8-14(18)17-15-16-11(2)12(3)21-15/h4-7H,8-9H2,1-3H3,(H,16,17,18). The van der Waals surface area contributed by atoms with Crippen molar-refractivity contribution in [1.29, 1.82) is 0 Å². The Kier molecular flexibility index (Phi) is 4.97. The number of nitrogens with zero attached hydrogens (tertiary/aromatic N) is 1. The molecule has 0 saturated carbocycles. The topological polar surface area (TPSA) is 76.1 Å². The monoisotopic (exact) mass is 338 g/mol. The summed E-state index contributed by atoms with van der Waals surface area (Å²) in [6.45, 7) is 5.68. The minimum Gasteiger partial charge on any atom is -0.302 e. The average Bonchev–Trinajstić information content (AvgIpc) is 2.75. The minimum atomic E-state index is -3.45. The smallest absolute Gasteiger partial charge is 0.227 e. The van der Waals surface area contributed by atoms with Gasteiger partial charge in [0.2, 0.25) is 5.91 Å². The molecule has 0 bridgehead atoms. The summed E-state index contributed by atoms with van der Waals surface area (Å²) in [5.41, 5.74) is 1.86. The highest BCUT2D eigenvalue weighted by molar-refractivity contribution is 7.91. The summed E-state index contributed by atoms with van der Waals surface area (Å²) in [6.07, 6.45) is -0.0894. The second kappa shape index (κ2) is 6.58. The van der Waals surface area contributed by atoms with Gasteiger partial charge in [-0.25, -0.2) is 13.4 Å². The molecule has 1 N–H and O–H groups in total. The van der Waals surface area contributed by atoms with E-state index in [-0.39, 0.29) is 23.0 Å². The van der Waals surface area contributed by atoms with Crippen LogP contribution in [0.15, 0.2) is 29.2 Å². The van der Waals surface area contributed by atoms with Gasteiger partial charge >= 0.3 is 0 Å². The summed E-state index contributed by atoms with van der Waals surface area (Å²) in [5, 5.41) is 3.15. The number of amides is 1. The number of anilines is 1. The maximum Gasteiger partial charge on any atom is 0.227 e. The maximum atomic E-state index is 12.2. The molecule has 0 radical (unpaired) electrons. The van der Waals surface area contributed by atoms with Crippen LogP contribution in [0.3, 0.4) is 0 Å². The Morgan fingerprint density at radius 2 is 1.82 bits per heavy atom. The molecule has 22 heavy (non-hydrogen) atoms. The van der Waals surface area contributed by atoms with E-state index in [1.807, 2.05) is 20.8 Å². The van der Waals surface area contributed by atoms with Gasteiger partial charge in [-0.3, -0.25) is 4.79 Å². The minimum absolute atomic E-state index is 0.0894. The van der Waals surface area contributed by atoms with Crippen LogP contribution in [0.25, 0.3) is 0 Å². The highest BCUT2D eigenvalue weighted by Gasteiger charge is 2.17. The van der Waals surface area contributed by atoms with Gasteiger partial charge in [0.25, 0.3) is 0 Å². The van der Waals surface area contributed by atoms with Crippen LogP contribution in [0.5, 0.6) is 0 Å². The number of carbonyl (C=O) groups excluding carboxylic acids is 1. The second-order valence-electron chi connectivity index (χ2n) is 5.09. The Morgan fingerprint density at radius 1 is 1.18 bits per heavy atom. The van der Waals surface area contributed by atoms with Crippen LogP contribution in [-0.4, -0.2) is 25.1 Å². The van der Waals surface area contributed by atoms with Crippen molar-refractivity contribution in [3.05, 3.63) is 40.4 Å². The van der Waals surface area contributed by atoms with Crippen molar-refractivity contribution in [2.75, 3.05) is 11.1 Å². The van der Waals surface area contributed by atoms with E-state index in [1.165, 1.54) is 11.3 Å². The molecule has 1 aromatic carbocycles. The van der Waals surface area contributed by atoms with E-state index < -0.39 is 9.84 Å². The molecule has 0 saturated heterocycles. The third-order valence-electron chi connectivity index (χ3n) is 3.25. The zero-order valence-corrected chi connectivity index (χ0v) is 14.3. The summed E-state index contributed by atoms with van der Waals surface area (Å²) >= 11 is 1.38. The molecule has 1 heterocycles. The van der Waals surface area contributed by atoms with Crippen LogP contribution in [0.1, 0.15) is 22.6 Å². The van der Waals surface area contributed by atoms with E-state index in [4.69, 9.17) is 0 Å². The lowest BCUT2D eigenvalue weighted by molar-refractivity contribution is -0.115.